The molecule has 1 aliphatic rings. The molecular formula is C23H22ClF2N3O3. The van der Waals surface area contributed by atoms with E-state index in [0.29, 0.717) is 23.3 Å². The molecule has 1 aliphatic heterocycles. The number of carbonyl (C=O) groups is 1. The summed E-state index contributed by atoms with van der Waals surface area (Å²) >= 11 is 5.85. The Labute approximate surface area is 188 Å². The Bertz CT molecular complexity index is 1250. The van der Waals surface area contributed by atoms with Crippen LogP contribution in [0.1, 0.15) is 31.1 Å². The van der Waals surface area contributed by atoms with Crippen LogP contribution in [0.4, 0.5) is 19.3 Å². The number of fused-ring (bicyclic) bond motifs is 3. The van der Waals surface area contributed by atoms with Crippen LogP contribution in [0.5, 0.6) is 0 Å². The molecule has 9 heteroatoms. The number of pyridine rings is 1. The highest BCUT2D eigenvalue weighted by Crippen LogP contribution is 2.34. The molecule has 0 radical (unpaired) electrons. The lowest BCUT2D eigenvalue weighted by molar-refractivity contribution is 0.0425. The SMILES string of the molecule is CC(C)CN(C(=O)Nc1ccc(F)c(Cl)c1)[C@H]1COCc2[nH]c(=O)c3cc(F)ccc3c21. The van der Waals surface area contributed by atoms with Gasteiger partial charge in [-0.15, -0.1) is 0 Å². The van der Waals surface area contributed by atoms with Crippen LogP contribution < -0.4 is 10.9 Å². The van der Waals surface area contributed by atoms with E-state index in [1.807, 2.05) is 13.8 Å². The second-order valence-corrected chi connectivity index (χ2v) is 8.58. The molecule has 168 valence electrons. The topological polar surface area (TPSA) is 74.4 Å². The number of benzene rings is 2. The van der Waals surface area contributed by atoms with E-state index in [2.05, 4.69) is 10.3 Å². The molecule has 0 fully saturated rings. The summed E-state index contributed by atoms with van der Waals surface area (Å²) in [6.07, 6.45) is 0. The number of aromatic nitrogens is 1. The van der Waals surface area contributed by atoms with Crippen molar-refractivity contribution in [3.8, 4) is 0 Å². The molecule has 2 amide bonds. The smallest absolute Gasteiger partial charge is 0.322 e. The number of nitrogens with one attached hydrogen (secondary N) is 2. The average Bonchev–Trinajstić information content (AvgIpc) is 2.74. The zero-order valence-electron chi connectivity index (χ0n) is 17.5. The number of amides is 2. The van der Waals surface area contributed by atoms with E-state index in [-0.39, 0.29) is 29.5 Å². The zero-order valence-corrected chi connectivity index (χ0v) is 18.3. The van der Waals surface area contributed by atoms with Crippen LogP contribution in [-0.4, -0.2) is 29.1 Å². The molecule has 1 atom stereocenters. The van der Waals surface area contributed by atoms with E-state index in [1.54, 1.807) is 11.0 Å². The molecule has 0 spiro atoms. The van der Waals surface area contributed by atoms with Gasteiger partial charge in [0.1, 0.15) is 11.6 Å². The number of ether oxygens (including phenoxy) is 1. The molecule has 0 aliphatic carbocycles. The summed E-state index contributed by atoms with van der Waals surface area (Å²) in [6.45, 7) is 4.71. The standard InChI is InChI=1S/C23H22ClF2N3O3/c1-12(2)9-29(23(31)27-14-4-6-18(26)17(24)8-14)20-11-32-10-19-21(20)15-5-3-13(25)7-16(15)22(30)28-19/h3-8,12,20H,9-11H2,1-2H3,(H,27,31)(H,28,30)/t20-/m0/s1. The summed E-state index contributed by atoms with van der Waals surface area (Å²) in [4.78, 5) is 30.2. The van der Waals surface area contributed by atoms with Gasteiger partial charge in [-0.2, -0.15) is 0 Å². The number of nitrogens with zero attached hydrogens (tertiary/aromatic N) is 1. The van der Waals surface area contributed by atoms with Crippen molar-refractivity contribution in [2.24, 2.45) is 5.92 Å². The van der Waals surface area contributed by atoms with E-state index in [1.165, 1.54) is 30.3 Å². The van der Waals surface area contributed by atoms with Gasteiger partial charge in [-0.3, -0.25) is 4.79 Å². The second-order valence-electron chi connectivity index (χ2n) is 8.17. The molecule has 2 aromatic carbocycles. The Balaban J connectivity index is 1.77. The number of urea groups is 1. The first-order valence-electron chi connectivity index (χ1n) is 10.2. The van der Waals surface area contributed by atoms with Crippen molar-refractivity contribution in [1.82, 2.24) is 9.88 Å². The van der Waals surface area contributed by atoms with Crippen molar-refractivity contribution < 1.29 is 18.3 Å². The predicted molar refractivity (Wildman–Crippen MR) is 119 cm³/mol. The van der Waals surface area contributed by atoms with Gasteiger partial charge in [0, 0.05) is 23.5 Å². The van der Waals surface area contributed by atoms with Gasteiger partial charge in [-0.05, 0) is 41.6 Å². The number of rotatable bonds is 4. The summed E-state index contributed by atoms with van der Waals surface area (Å²) < 4.78 is 33.0. The molecule has 3 aromatic rings. The lowest BCUT2D eigenvalue weighted by Gasteiger charge is -2.37. The monoisotopic (exact) mass is 461 g/mol. The maximum Gasteiger partial charge on any atom is 0.322 e. The molecule has 0 unspecified atom stereocenters. The zero-order chi connectivity index (χ0) is 23.0. The predicted octanol–water partition coefficient (Wildman–Crippen LogP) is 5.22. The fraction of sp³-hybridized carbons (Fsp3) is 0.304. The highest BCUT2D eigenvalue weighted by molar-refractivity contribution is 6.31. The minimum Gasteiger partial charge on any atom is -0.373 e. The van der Waals surface area contributed by atoms with Gasteiger partial charge >= 0.3 is 6.03 Å². The highest BCUT2D eigenvalue weighted by atomic mass is 35.5. The fourth-order valence-corrected chi connectivity index (χ4v) is 4.16. The third-order valence-corrected chi connectivity index (χ3v) is 5.62. The Kier molecular flexibility index (Phi) is 6.17. The lowest BCUT2D eigenvalue weighted by Crippen LogP contribution is -2.44. The quantitative estimate of drug-likeness (QED) is 0.559. The fourth-order valence-electron chi connectivity index (χ4n) is 3.98. The van der Waals surface area contributed by atoms with E-state index in [9.17, 15) is 18.4 Å². The van der Waals surface area contributed by atoms with Gasteiger partial charge in [-0.25, -0.2) is 13.6 Å². The average molecular weight is 462 g/mol. The number of carbonyl (C=O) groups excluding carboxylic acids is 1. The normalized spacial score (nSPS) is 15.6. The van der Waals surface area contributed by atoms with Gasteiger partial charge in [0.15, 0.2) is 0 Å². The summed E-state index contributed by atoms with van der Waals surface area (Å²) in [5, 5.41) is 3.45. The number of halogens is 3. The summed E-state index contributed by atoms with van der Waals surface area (Å²) in [7, 11) is 0. The number of hydrogen-bond acceptors (Lipinski definition) is 3. The van der Waals surface area contributed by atoms with E-state index in [4.69, 9.17) is 16.3 Å². The van der Waals surface area contributed by atoms with Crippen LogP contribution in [-0.2, 0) is 11.3 Å². The summed E-state index contributed by atoms with van der Waals surface area (Å²) in [5.41, 5.74) is 1.21. The van der Waals surface area contributed by atoms with Crippen molar-refractivity contribution in [1.29, 1.82) is 0 Å². The maximum atomic E-state index is 13.8. The van der Waals surface area contributed by atoms with Crippen molar-refractivity contribution >= 4 is 34.1 Å². The van der Waals surface area contributed by atoms with E-state index < -0.39 is 29.3 Å². The minimum absolute atomic E-state index is 0.102. The third-order valence-electron chi connectivity index (χ3n) is 5.33. The molecular weight excluding hydrogens is 440 g/mol. The van der Waals surface area contributed by atoms with Gasteiger partial charge in [0.05, 0.1) is 29.7 Å². The molecule has 0 saturated carbocycles. The number of anilines is 1. The molecule has 2 heterocycles. The van der Waals surface area contributed by atoms with Crippen LogP contribution in [0.2, 0.25) is 5.02 Å². The minimum atomic E-state index is -0.582. The van der Waals surface area contributed by atoms with E-state index >= 15 is 0 Å². The van der Waals surface area contributed by atoms with E-state index in [0.717, 1.165) is 5.56 Å². The van der Waals surface area contributed by atoms with Gasteiger partial charge in [0.25, 0.3) is 5.56 Å². The first-order chi connectivity index (χ1) is 15.2. The molecule has 2 N–H and O–H groups in total. The second kappa shape index (κ2) is 8.88. The maximum absolute atomic E-state index is 13.8. The summed E-state index contributed by atoms with van der Waals surface area (Å²) in [5.74, 6) is -0.980. The molecule has 4 rings (SSSR count). The Hall–Kier alpha value is -2.97. The van der Waals surface area contributed by atoms with Crippen molar-refractivity contribution in [2.75, 3.05) is 18.5 Å². The first-order valence-corrected chi connectivity index (χ1v) is 10.6. The Morgan fingerprint density at radius 2 is 2.03 bits per heavy atom. The van der Waals surface area contributed by atoms with Crippen molar-refractivity contribution in [2.45, 2.75) is 26.5 Å². The van der Waals surface area contributed by atoms with Crippen LogP contribution >= 0.6 is 11.6 Å². The highest BCUT2D eigenvalue weighted by Gasteiger charge is 2.33. The first kappa shape index (κ1) is 22.2. The largest absolute Gasteiger partial charge is 0.373 e. The molecule has 6 nitrogen and oxygen atoms in total. The van der Waals surface area contributed by atoms with Crippen LogP contribution in [0.3, 0.4) is 0 Å². The van der Waals surface area contributed by atoms with Crippen LogP contribution in [0, 0.1) is 17.6 Å². The van der Waals surface area contributed by atoms with Gasteiger partial charge in [-0.1, -0.05) is 31.5 Å². The number of H-pyrrole nitrogens is 1. The third kappa shape index (κ3) is 4.33. The molecule has 0 bridgehead atoms. The van der Waals surface area contributed by atoms with Crippen LogP contribution in [0.25, 0.3) is 10.8 Å². The number of hydrogen-bond donors (Lipinski definition) is 2. The summed E-state index contributed by atoms with van der Waals surface area (Å²) in [6, 6.07) is 7.03. The van der Waals surface area contributed by atoms with Crippen LogP contribution in [0.15, 0.2) is 41.2 Å². The molecule has 1 aromatic heterocycles. The Morgan fingerprint density at radius 1 is 1.25 bits per heavy atom. The number of aromatic amines is 1. The van der Waals surface area contributed by atoms with Gasteiger partial charge < -0.3 is 19.9 Å². The Morgan fingerprint density at radius 3 is 2.75 bits per heavy atom. The van der Waals surface area contributed by atoms with Crippen molar-refractivity contribution in [3.63, 3.8) is 0 Å². The molecule has 0 saturated heterocycles. The van der Waals surface area contributed by atoms with Crippen molar-refractivity contribution in [3.05, 3.63) is 74.7 Å². The molecule has 32 heavy (non-hydrogen) atoms. The van der Waals surface area contributed by atoms with Gasteiger partial charge in [0.2, 0.25) is 0 Å². The lowest BCUT2D eigenvalue weighted by atomic mass is 9.95.